The fourth-order valence-corrected chi connectivity index (χ4v) is 1.98. The van der Waals surface area contributed by atoms with E-state index in [1.165, 1.54) is 5.56 Å². The molecular weight excluding hydrogens is 225 g/mol. The Kier molecular flexibility index (Phi) is 6.09. The Hall–Kier alpha value is -1.13. The molecule has 0 amide bonds. The van der Waals surface area contributed by atoms with Crippen LogP contribution in [0.5, 0.6) is 0 Å². The molecule has 18 heavy (non-hydrogen) atoms. The highest BCUT2D eigenvalue weighted by molar-refractivity contribution is 6.46. The maximum absolute atomic E-state index is 12.1. The van der Waals surface area contributed by atoms with Crippen molar-refractivity contribution in [2.75, 3.05) is 0 Å². The monoisotopic (exact) mass is 247 g/mol. The van der Waals surface area contributed by atoms with Gasteiger partial charge in [-0.1, -0.05) is 44.2 Å². The molecule has 2 N–H and O–H groups in total. The van der Waals surface area contributed by atoms with Crippen LogP contribution in [0.15, 0.2) is 30.3 Å². The average molecular weight is 247 g/mol. The van der Waals surface area contributed by atoms with E-state index < -0.39 is 7.05 Å². The van der Waals surface area contributed by atoms with Crippen LogP contribution in [0.3, 0.4) is 0 Å². The first-order chi connectivity index (χ1) is 8.50. The molecular formula is C14H22BNO2. The minimum absolute atomic E-state index is 0.162. The summed E-state index contributed by atoms with van der Waals surface area (Å²) in [5, 5.41) is 12.3. The standard InChI is InChI=1S/C14H22BNO2/c1-11(2)14(16-15(3)18)13(17)10-9-12-7-5-4-6-8-12/h4-8,11,14,16,18H,9-10H2,1-3H3/t14-/m1/s1. The van der Waals surface area contributed by atoms with Gasteiger partial charge in [0.25, 0.3) is 0 Å². The highest BCUT2D eigenvalue weighted by Gasteiger charge is 2.23. The van der Waals surface area contributed by atoms with E-state index in [1.807, 2.05) is 44.2 Å². The maximum atomic E-state index is 12.1. The molecule has 1 aromatic carbocycles. The van der Waals surface area contributed by atoms with Crippen LogP contribution in [0.4, 0.5) is 0 Å². The Morgan fingerprint density at radius 2 is 1.94 bits per heavy atom. The molecule has 98 valence electrons. The number of hydrogen-bond donors (Lipinski definition) is 2. The quantitative estimate of drug-likeness (QED) is 0.723. The van der Waals surface area contributed by atoms with Crippen LogP contribution >= 0.6 is 0 Å². The van der Waals surface area contributed by atoms with E-state index in [2.05, 4.69) is 5.23 Å². The van der Waals surface area contributed by atoms with Gasteiger partial charge in [0.2, 0.25) is 0 Å². The van der Waals surface area contributed by atoms with Gasteiger partial charge in [-0.2, -0.15) is 0 Å². The van der Waals surface area contributed by atoms with Crippen LogP contribution in [-0.2, 0) is 11.2 Å². The molecule has 0 aromatic heterocycles. The second kappa shape index (κ2) is 7.34. The van der Waals surface area contributed by atoms with E-state index in [4.69, 9.17) is 0 Å². The SMILES string of the molecule is CB(O)N[C@@H](C(=O)CCc1ccccc1)C(C)C. The number of ketones is 1. The topological polar surface area (TPSA) is 49.3 Å². The van der Waals surface area contributed by atoms with E-state index in [0.717, 1.165) is 6.42 Å². The highest BCUT2D eigenvalue weighted by Crippen LogP contribution is 2.09. The van der Waals surface area contributed by atoms with Crippen molar-refractivity contribution in [2.24, 2.45) is 5.92 Å². The van der Waals surface area contributed by atoms with Gasteiger partial charge in [-0.15, -0.1) is 0 Å². The van der Waals surface area contributed by atoms with Crippen LogP contribution in [0.25, 0.3) is 0 Å². The Morgan fingerprint density at radius 3 is 2.44 bits per heavy atom. The van der Waals surface area contributed by atoms with E-state index in [0.29, 0.717) is 6.42 Å². The number of aryl methyl sites for hydroxylation is 1. The van der Waals surface area contributed by atoms with Crippen LogP contribution < -0.4 is 5.23 Å². The Balaban J connectivity index is 2.52. The molecule has 0 aliphatic heterocycles. The van der Waals surface area contributed by atoms with Crippen molar-refractivity contribution in [3.8, 4) is 0 Å². The summed E-state index contributed by atoms with van der Waals surface area (Å²) < 4.78 is 0. The van der Waals surface area contributed by atoms with Crippen LogP contribution in [0.2, 0.25) is 6.82 Å². The number of carbonyl (C=O) groups excluding carboxylic acids is 1. The molecule has 0 aliphatic carbocycles. The first-order valence-electron chi connectivity index (χ1n) is 6.51. The smallest absolute Gasteiger partial charge is 0.374 e. The second-order valence-corrected chi connectivity index (χ2v) is 5.02. The first-order valence-corrected chi connectivity index (χ1v) is 6.51. The minimum atomic E-state index is -0.655. The van der Waals surface area contributed by atoms with Crippen molar-refractivity contribution in [1.82, 2.24) is 5.23 Å². The number of benzene rings is 1. The predicted molar refractivity (Wildman–Crippen MR) is 75.4 cm³/mol. The molecule has 1 atom stereocenters. The summed E-state index contributed by atoms with van der Waals surface area (Å²) in [5.74, 6) is 0.345. The van der Waals surface area contributed by atoms with E-state index in [9.17, 15) is 9.82 Å². The highest BCUT2D eigenvalue weighted by atomic mass is 16.2. The lowest BCUT2D eigenvalue weighted by Crippen LogP contribution is -2.47. The fraction of sp³-hybridized carbons (Fsp3) is 0.500. The molecule has 0 unspecified atom stereocenters. The van der Waals surface area contributed by atoms with Gasteiger partial charge in [0, 0.05) is 6.42 Å². The average Bonchev–Trinajstić information content (AvgIpc) is 2.34. The molecule has 0 saturated heterocycles. The summed E-state index contributed by atoms with van der Waals surface area (Å²) in [4.78, 5) is 12.1. The number of Topliss-reactive ketones (excluding diaryl/α,β-unsaturated/α-hetero) is 1. The lowest BCUT2D eigenvalue weighted by molar-refractivity contribution is -0.121. The number of carbonyl (C=O) groups is 1. The molecule has 4 heteroatoms. The lowest BCUT2D eigenvalue weighted by Gasteiger charge is -2.21. The van der Waals surface area contributed by atoms with E-state index >= 15 is 0 Å². The molecule has 3 nitrogen and oxygen atoms in total. The van der Waals surface area contributed by atoms with Crippen molar-refractivity contribution in [1.29, 1.82) is 0 Å². The van der Waals surface area contributed by atoms with Gasteiger partial charge < -0.3 is 10.3 Å². The zero-order chi connectivity index (χ0) is 13.5. The fourth-order valence-electron chi connectivity index (χ4n) is 1.98. The third-order valence-electron chi connectivity index (χ3n) is 2.94. The number of nitrogens with one attached hydrogen (secondary N) is 1. The molecule has 1 aromatic rings. The van der Waals surface area contributed by atoms with Gasteiger partial charge >= 0.3 is 7.05 Å². The number of hydrogen-bond acceptors (Lipinski definition) is 3. The summed E-state index contributed by atoms with van der Waals surface area (Å²) in [5.41, 5.74) is 1.17. The lowest BCUT2D eigenvalue weighted by atomic mass is 9.83. The van der Waals surface area contributed by atoms with Gasteiger partial charge in [0.15, 0.2) is 0 Å². The van der Waals surface area contributed by atoms with Gasteiger partial charge in [0.1, 0.15) is 5.78 Å². The Morgan fingerprint density at radius 1 is 1.33 bits per heavy atom. The molecule has 0 aliphatic rings. The Bertz CT molecular complexity index is 365. The molecule has 0 saturated carbocycles. The predicted octanol–water partition coefficient (Wildman–Crippen LogP) is 1.91. The molecule has 0 radical (unpaired) electrons. The third-order valence-corrected chi connectivity index (χ3v) is 2.94. The maximum Gasteiger partial charge on any atom is 0.374 e. The molecule has 0 fully saturated rings. The zero-order valence-corrected chi connectivity index (χ0v) is 11.4. The largest absolute Gasteiger partial charge is 0.437 e. The summed E-state index contributed by atoms with van der Waals surface area (Å²) in [7, 11) is -0.655. The summed E-state index contributed by atoms with van der Waals surface area (Å²) in [6.07, 6.45) is 1.26. The van der Waals surface area contributed by atoms with Crippen LogP contribution in [-0.4, -0.2) is 23.9 Å². The molecule has 0 spiro atoms. The van der Waals surface area contributed by atoms with Crippen molar-refractivity contribution in [3.05, 3.63) is 35.9 Å². The third kappa shape index (κ3) is 5.02. The second-order valence-electron chi connectivity index (χ2n) is 5.02. The molecule has 0 heterocycles. The first kappa shape index (κ1) is 14.9. The van der Waals surface area contributed by atoms with Gasteiger partial charge in [0.05, 0.1) is 6.04 Å². The minimum Gasteiger partial charge on any atom is -0.437 e. The van der Waals surface area contributed by atoms with E-state index in [-0.39, 0.29) is 17.7 Å². The van der Waals surface area contributed by atoms with Gasteiger partial charge in [-0.3, -0.25) is 4.79 Å². The van der Waals surface area contributed by atoms with Crippen molar-refractivity contribution in [2.45, 2.75) is 39.6 Å². The van der Waals surface area contributed by atoms with Gasteiger partial charge in [-0.05, 0) is 24.7 Å². The van der Waals surface area contributed by atoms with Crippen molar-refractivity contribution in [3.63, 3.8) is 0 Å². The summed E-state index contributed by atoms with van der Waals surface area (Å²) in [6, 6.07) is 9.71. The van der Waals surface area contributed by atoms with Crippen molar-refractivity contribution >= 4 is 12.8 Å². The Labute approximate surface area is 110 Å². The van der Waals surface area contributed by atoms with Crippen molar-refractivity contribution < 1.29 is 9.82 Å². The summed E-state index contributed by atoms with van der Waals surface area (Å²) in [6.45, 7) is 5.61. The van der Waals surface area contributed by atoms with E-state index in [1.54, 1.807) is 6.82 Å². The normalized spacial score (nSPS) is 12.5. The molecule has 0 bridgehead atoms. The van der Waals surface area contributed by atoms with Crippen LogP contribution in [0, 0.1) is 5.92 Å². The van der Waals surface area contributed by atoms with Crippen LogP contribution in [0.1, 0.15) is 25.8 Å². The summed E-state index contributed by atoms with van der Waals surface area (Å²) >= 11 is 0. The number of rotatable bonds is 7. The molecule has 1 rings (SSSR count). The zero-order valence-electron chi connectivity index (χ0n) is 11.4. The van der Waals surface area contributed by atoms with Gasteiger partial charge in [-0.25, -0.2) is 0 Å².